The lowest BCUT2D eigenvalue weighted by Crippen LogP contribution is -2.46. The topological polar surface area (TPSA) is 90.9 Å². The number of rotatable bonds is 6. The van der Waals surface area contributed by atoms with E-state index in [0.717, 1.165) is 6.42 Å². The molecule has 0 aliphatic carbocycles. The van der Waals surface area contributed by atoms with Crippen molar-refractivity contribution in [2.45, 2.75) is 64.2 Å². The quantitative estimate of drug-likeness (QED) is 0.734. The summed E-state index contributed by atoms with van der Waals surface area (Å²) in [7, 11) is 1.24. The van der Waals surface area contributed by atoms with Gasteiger partial charge in [0, 0.05) is 13.0 Å². The van der Waals surface area contributed by atoms with E-state index in [1.54, 1.807) is 20.8 Å². The highest BCUT2D eigenvalue weighted by Crippen LogP contribution is 2.14. The van der Waals surface area contributed by atoms with Crippen LogP contribution in [-0.4, -0.2) is 49.3 Å². The summed E-state index contributed by atoms with van der Waals surface area (Å²) in [6.07, 6.45) is 1.06. The molecule has 1 fully saturated rings. The molecule has 126 valence electrons. The van der Waals surface area contributed by atoms with Gasteiger partial charge in [0.25, 0.3) is 0 Å². The van der Waals surface area contributed by atoms with E-state index in [0.29, 0.717) is 13.0 Å². The summed E-state index contributed by atoms with van der Waals surface area (Å²) in [5.41, 5.74) is -0.585. The Hall–Kier alpha value is -1.63. The maximum atomic E-state index is 12.0. The minimum Gasteiger partial charge on any atom is -0.467 e. The van der Waals surface area contributed by atoms with Crippen LogP contribution in [0.3, 0.4) is 0 Å². The monoisotopic (exact) mass is 315 g/mol. The predicted molar refractivity (Wildman–Crippen MR) is 78.0 cm³/mol. The fraction of sp³-hybridized carbons (Fsp3) is 0.800. The van der Waals surface area contributed by atoms with Gasteiger partial charge in [-0.2, -0.15) is 0 Å². The van der Waals surface area contributed by atoms with Crippen LogP contribution in [0.1, 0.15) is 46.5 Å². The normalized spacial score (nSPS) is 19.4. The number of amides is 1. The van der Waals surface area contributed by atoms with Gasteiger partial charge in [-0.3, -0.25) is 9.59 Å². The second-order valence-electron chi connectivity index (χ2n) is 6.21. The Morgan fingerprint density at radius 3 is 2.50 bits per heavy atom. The molecule has 1 amide bonds. The molecule has 22 heavy (non-hydrogen) atoms. The van der Waals surface area contributed by atoms with Crippen molar-refractivity contribution in [1.29, 1.82) is 0 Å². The van der Waals surface area contributed by atoms with E-state index in [1.165, 1.54) is 7.11 Å². The van der Waals surface area contributed by atoms with Gasteiger partial charge < -0.3 is 19.5 Å². The van der Waals surface area contributed by atoms with Gasteiger partial charge in [-0.15, -0.1) is 0 Å². The van der Waals surface area contributed by atoms with Gasteiger partial charge in [0.1, 0.15) is 17.7 Å². The zero-order valence-corrected chi connectivity index (χ0v) is 13.6. The van der Waals surface area contributed by atoms with E-state index in [2.05, 4.69) is 10.1 Å². The van der Waals surface area contributed by atoms with E-state index < -0.39 is 29.7 Å². The van der Waals surface area contributed by atoms with E-state index in [1.807, 2.05) is 0 Å². The smallest absolute Gasteiger partial charge is 0.328 e. The van der Waals surface area contributed by atoms with Crippen LogP contribution in [0.4, 0.5) is 0 Å². The van der Waals surface area contributed by atoms with Gasteiger partial charge in [0.15, 0.2) is 0 Å². The number of ether oxygens (including phenoxy) is 3. The first-order valence-electron chi connectivity index (χ1n) is 7.44. The van der Waals surface area contributed by atoms with Crippen molar-refractivity contribution in [3.63, 3.8) is 0 Å². The van der Waals surface area contributed by atoms with E-state index in [4.69, 9.17) is 9.47 Å². The highest BCUT2D eigenvalue weighted by Gasteiger charge is 2.29. The molecule has 0 spiro atoms. The molecule has 1 aliphatic rings. The molecule has 0 aromatic rings. The standard InChI is InChI=1S/C15H25NO6/c1-15(2,3)22-12(17)8-7-10(14(19)20-4)16-13(18)11-6-5-9-21-11/h10-11H,5-9H2,1-4H3,(H,16,18)/t10-,11+/m0/s1. The summed E-state index contributed by atoms with van der Waals surface area (Å²) < 4.78 is 15.1. The van der Waals surface area contributed by atoms with Gasteiger partial charge >= 0.3 is 11.9 Å². The molecule has 0 aromatic heterocycles. The minimum absolute atomic E-state index is 0.0167. The van der Waals surface area contributed by atoms with Crippen molar-refractivity contribution >= 4 is 17.8 Å². The van der Waals surface area contributed by atoms with Crippen LogP contribution in [0.25, 0.3) is 0 Å². The highest BCUT2D eigenvalue weighted by atomic mass is 16.6. The molecule has 2 atom stereocenters. The first kappa shape index (κ1) is 18.4. The summed E-state index contributed by atoms with van der Waals surface area (Å²) >= 11 is 0. The Labute approximate surface area is 130 Å². The van der Waals surface area contributed by atoms with E-state index in [-0.39, 0.29) is 18.7 Å². The average Bonchev–Trinajstić information content (AvgIpc) is 2.94. The lowest BCUT2D eigenvalue weighted by atomic mass is 10.1. The van der Waals surface area contributed by atoms with Crippen LogP contribution in [0.2, 0.25) is 0 Å². The van der Waals surface area contributed by atoms with Gasteiger partial charge in [-0.1, -0.05) is 0 Å². The van der Waals surface area contributed by atoms with E-state index >= 15 is 0 Å². The number of hydrogen-bond acceptors (Lipinski definition) is 6. The second-order valence-corrected chi connectivity index (χ2v) is 6.21. The molecule has 0 aromatic carbocycles. The van der Waals surface area contributed by atoms with Crippen molar-refractivity contribution in [2.24, 2.45) is 0 Å². The molecular formula is C15H25NO6. The highest BCUT2D eigenvalue weighted by molar-refractivity contribution is 5.87. The Morgan fingerprint density at radius 1 is 1.32 bits per heavy atom. The van der Waals surface area contributed by atoms with Crippen LogP contribution in [0.5, 0.6) is 0 Å². The largest absolute Gasteiger partial charge is 0.467 e. The molecule has 1 saturated heterocycles. The third-order valence-electron chi connectivity index (χ3n) is 3.08. The van der Waals surface area contributed by atoms with Crippen LogP contribution < -0.4 is 5.32 Å². The Morgan fingerprint density at radius 2 is 2.00 bits per heavy atom. The number of hydrogen-bond donors (Lipinski definition) is 1. The van der Waals surface area contributed by atoms with Crippen LogP contribution >= 0.6 is 0 Å². The Bertz CT molecular complexity index is 409. The molecule has 0 saturated carbocycles. The maximum absolute atomic E-state index is 12.0. The van der Waals surface area contributed by atoms with Gasteiger partial charge in [-0.25, -0.2) is 4.79 Å². The summed E-state index contributed by atoms with van der Waals surface area (Å²) in [5.74, 6) is -1.36. The van der Waals surface area contributed by atoms with Crippen molar-refractivity contribution in [2.75, 3.05) is 13.7 Å². The first-order valence-corrected chi connectivity index (χ1v) is 7.44. The molecule has 0 unspecified atom stereocenters. The molecule has 1 heterocycles. The van der Waals surface area contributed by atoms with Crippen molar-refractivity contribution in [3.8, 4) is 0 Å². The predicted octanol–water partition coefficient (Wildman–Crippen LogP) is 0.945. The van der Waals surface area contributed by atoms with Crippen LogP contribution in [0.15, 0.2) is 0 Å². The summed E-state index contributed by atoms with van der Waals surface area (Å²) in [5, 5.41) is 2.58. The van der Waals surface area contributed by atoms with Gasteiger partial charge in [0.2, 0.25) is 5.91 Å². The molecule has 7 nitrogen and oxygen atoms in total. The van der Waals surface area contributed by atoms with E-state index in [9.17, 15) is 14.4 Å². The summed E-state index contributed by atoms with van der Waals surface area (Å²) in [4.78, 5) is 35.4. The number of carbonyl (C=O) groups excluding carboxylic acids is 3. The van der Waals surface area contributed by atoms with Crippen molar-refractivity contribution in [1.82, 2.24) is 5.32 Å². The first-order chi connectivity index (χ1) is 10.2. The molecule has 1 rings (SSSR count). The third-order valence-corrected chi connectivity index (χ3v) is 3.08. The van der Waals surface area contributed by atoms with Crippen molar-refractivity contribution < 1.29 is 28.6 Å². The van der Waals surface area contributed by atoms with Crippen molar-refractivity contribution in [3.05, 3.63) is 0 Å². The zero-order valence-electron chi connectivity index (χ0n) is 13.6. The second kappa shape index (κ2) is 8.12. The molecule has 0 bridgehead atoms. The Kier molecular flexibility index (Phi) is 6.80. The fourth-order valence-electron chi connectivity index (χ4n) is 2.10. The lowest BCUT2D eigenvalue weighted by Gasteiger charge is -2.21. The van der Waals surface area contributed by atoms with Gasteiger partial charge in [0.05, 0.1) is 7.11 Å². The SMILES string of the molecule is COC(=O)[C@H](CCC(=O)OC(C)(C)C)NC(=O)[C@H]1CCCO1. The Balaban J connectivity index is 2.52. The minimum atomic E-state index is -0.880. The lowest BCUT2D eigenvalue weighted by molar-refractivity contribution is -0.155. The molecule has 1 aliphatic heterocycles. The molecule has 1 N–H and O–H groups in total. The summed E-state index contributed by atoms with van der Waals surface area (Å²) in [6.45, 7) is 5.84. The summed E-state index contributed by atoms with van der Waals surface area (Å²) in [6, 6.07) is -0.880. The average molecular weight is 315 g/mol. The van der Waals surface area contributed by atoms with Crippen LogP contribution in [-0.2, 0) is 28.6 Å². The fourth-order valence-corrected chi connectivity index (χ4v) is 2.10. The number of carbonyl (C=O) groups is 3. The number of methoxy groups -OCH3 is 1. The molecule has 0 radical (unpaired) electrons. The van der Waals surface area contributed by atoms with Crippen LogP contribution in [0, 0.1) is 0 Å². The maximum Gasteiger partial charge on any atom is 0.328 e. The molecule has 7 heteroatoms. The third kappa shape index (κ3) is 6.43. The number of nitrogens with one attached hydrogen (secondary N) is 1. The number of esters is 2. The zero-order chi connectivity index (χ0) is 16.8. The van der Waals surface area contributed by atoms with Gasteiger partial charge in [-0.05, 0) is 40.0 Å². The molecular weight excluding hydrogens is 290 g/mol.